The van der Waals surface area contributed by atoms with Gasteiger partial charge in [0.25, 0.3) is 5.91 Å². The van der Waals surface area contributed by atoms with Crippen molar-refractivity contribution in [2.24, 2.45) is 0 Å². The highest BCUT2D eigenvalue weighted by Crippen LogP contribution is 2.45. The topological polar surface area (TPSA) is 67.9 Å². The Morgan fingerprint density at radius 1 is 1.23 bits per heavy atom. The minimum absolute atomic E-state index is 0.142. The number of amides is 2. The number of rotatable bonds is 3. The summed E-state index contributed by atoms with van der Waals surface area (Å²) in [5.74, 6) is 0.942. The molecule has 0 spiro atoms. The average Bonchev–Trinajstić information content (AvgIpc) is 2.63. The van der Waals surface area contributed by atoms with Crippen LogP contribution in [0.15, 0.2) is 42.5 Å². The lowest BCUT2D eigenvalue weighted by atomic mass is 9.83. The summed E-state index contributed by atoms with van der Waals surface area (Å²) < 4.78 is 11.0. The molecule has 1 fully saturated rings. The third-order valence-electron chi connectivity index (χ3n) is 4.70. The number of anilines is 1. The zero-order valence-electron chi connectivity index (χ0n) is 14.2. The Kier molecular flexibility index (Phi) is 4.00. The SMILES string of the molecule is COc1ccc(N2C(=O)[C@@H]3Oc4ccc(Cl)cc4[C@@H](NC(C)=O)[C@@H]32)cc1. The van der Waals surface area contributed by atoms with E-state index in [4.69, 9.17) is 21.1 Å². The van der Waals surface area contributed by atoms with E-state index in [1.165, 1.54) is 6.92 Å². The zero-order valence-corrected chi connectivity index (χ0v) is 15.0. The molecule has 7 heteroatoms. The van der Waals surface area contributed by atoms with Crippen LogP contribution in [-0.4, -0.2) is 31.1 Å². The summed E-state index contributed by atoms with van der Waals surface area (Å²) in [4.78, 5) is 26.1. The van der Waals surface area contributed by atoms with Crippen molar-refractivity contribution < 1.29 is 19.1 Å². The highest BCUT2D eigenvalue weighted by atomic mass is 35.5. The van der Waals surface area contributed by atoms with E-state index >= 15 is 0 Å². The van der Waals surface area contributed by atoms with E-state index in [1.807, 2.05) is 12.1 Å². The number of hydrogen-bond donors (Lipinski definition) is 1. The third-order valence-corrected chi connectivity index (χ3v) is 4.94. The van der Waals surface area contributed by atoms with Gasteiger partial charge in [0.2, 0.25) is 12.0 Å². The smallest absolute Gasteiger partial charge is 0.270 e. The number of halogens is 1. The molecule has 0 bridgehead atoms. The second kappa shape index (κ2) is 6.21. The summed E-state index contributed by atoms with van der Waals surface area (Å²) in [5.41, 5.74) is 1.49. The molecule has 3 atom stereocenters. The van der Waals surface area contributed by atoms with E-state index in [2.05, 4.69) is 5.32 Å². The predicted molar refractivity (Wildman–Crippen MR) is 96.7 cm³/mol. The number of ether oxygens (including phenoxy) is 2. The second-order valence-corrected chi connectivity index (χ2v) is 6.73. The first kappa shape index (κ1) is 16.7. The highest BCUT2D eigenvalue weighted by Gasteiger charge is 2.57. The molecule has 1 saturated heterocycles. The lowest BCUT2D eigenvalue weighted by molar-refractivity contribution is -0.138. The maximum absolute atomic E-state index is 12.7. The molecular formula is C19H17ClN2O4. The van der Waals surface area contributed by atoms with E-state index in [1.54, 1.807) is 42.3 Å². The van der Waals surface area contributed by atoms with Crippen LogP contribution >= 0.6 is 11.6 Å². The van der Waals surface area contributed by atoms with Gasteiger partial charge in [-0.05, 0) is 42.5 Å². The van der Waals surface area contributed by atoms with Crippen LogP contribution < -0.4 is 19.7 Å². The van der Waals surface area contributed by atoms with Crippen molar-refractivity contribution in [2.75, 3.05) is 12.0 Å². The normalized spacial score (nSPS) is 23.3. The Morgan fingerprint density at radius 2 is 1.96 bits per heavy atom. The van der Waals surface area contributed by atoms with Gasteiger partial charge < -0.3 is 14.8 Å². The van der Waals surface area contributed by atoms with Gasteiger partial charge in [0.15, 0.2) is 0 Å². The van der Waals surface area contributed by atoms with Gasteiger partial charge in [0.05, 0.1) is 13.2 Å². The van der Waals surface area contributed by atoms with Gasteiger partial charge in [0.1, 0.15) is 17.5 Å². The van der Waals surface area contributed by atoms with Crippen molar-refractivity contribution in [3.8, 4) is 11.5 Å². The highest BCUT2D eigenvalue weighted by molar-refractivity contribution is 6.30. The van der Waals surface area contributed by atoms with E-state index in [-0.39, 0.29) is 17.9 Å². The van der Waals surface area contributed by atoms with Crippen LogP contribution in [-0.2, 0) is 9.59 Å². The zero-order chi connectivity index (χ0) is 18.4. The first-order valence-corrected chi connectivity index (χ1v) is 8.57. The second-order valence-electron chi connectivity index (χ2n) is 6.30. The summed E-state index contributed by atoms with van der Waals surface area (Å²) in [6.07, 6.45) is -0.636. The van der Waals surface area contributed by atoms with Gasteiger partial charge in [-0.3, -0.25) is 14.5 Å². The number of benzene rings is 2. The number of nitrogens with one attached hydrogen (secondary N) is 1. The molecule has 0 radical (unpaired) electrons. The molecule has 2 amide bonds. The first-order chi connectivity index (χ1) is 12.5. The summed E-state index contributed by atoms with van der Waals surface area (Å²) in [7, 11) is 1.59. The Bertz CT molecular complexity index is 884. The van der Waals surface area contributed by atoms with E-state index < -0.39 is 12.1 Å². The molecule has 4 rings (SSSR count). The molecule has 0 aromatic heterocycles. The fourth-order valence-electron chi connectivity index (χ4n) is 3.54. The number of methoxy groups -OCH3 is 1. The number of β-lactam (4-membered cyclic amide) rings is 1. The average molecular weight is 373 g/mol. The monoisotopic (exact) mass is 372 g/mol. The molecule has 1 N–H and O–H groups in total. The van der Waals surface area contributed by atoms with Crippen molar-refractivity contribution in [3.63, 3.8) is 0 Å². The van der Waals surface area contributed by atoms with Crippen LogP contribution in [0.4, 0.5) is 5.69 Å². The molecule has 2 aromatic rings. The van der Waals surface area contributed by atoms with Gasteiger partial charge in [-0.1, -0.05) is 11.6 Å². The van der Waals surface area contributed by atoms with Crippen molar-refractivity contribution in [3.05, 3.63) is 53.1 Å². The number of fused-ring (bicyclic) bond motifs is 2. The fraction of sp³-hybridized carbons (Fsp3) is 0.263. The van der Waals surface area contributed by atoms with Gasteiger partial charge in [-0.15, -0.1) is 0 Å². The minimum Gasteiger partial charge on any atom is -0.497 e. The van der Waals surface area contributed by atoms with Gasteiger partial charge in [-0.2, -0.15) is 0 Å². The van der Waals surface area contributed by atoms with Crippen LogP contribution in [0.5, 0.6) is 11.5 Å². The van der Waals surface area contributed by atoms with Crippen LogP contribution in [0.3, 0.4) is 0 Å². The summed E-state index contributed by atoms with van der Waals surface area (Å²) >= 11 is 6.13. The molecule has 2 aliphatic rings. The molecule has 2 aliphatic heterocycles. The maximum Gasteiger partial charge on any atom is 0.270 e. The minimum atomic E-state index is -0.636. The Morgan fingerprint density at radius 3 is 2.62 bits per heavy atom. The number of hydrogen-bond acceptors (Lipinski definition) is 4. The number of carbonyl (C=O) groups excluding carboxylic acids is 2. The molecule has 6 nitrogen and oxygen atoms in total. The Labute approximate surface area is 155 Å². The van der Waals surface area contributed by atoms with Crippen LogP contribution in [0.2, 0.25) is 5.02 Å². The largest absolute Gasteiger partial charge is 0.497 e. The lowest BCUT2D eigenvalue weighted by Crippen LogP contribution is -2.72. The van der Waals surface area contributed by atoms with E-state index in [9.17, 15) is 9.59 Å². The van der Waals surface area contributed by atoms with Crippen molar-refractivity contribution in [1.82, 2.24) is 5.32 Å². The molecule has 0 aliphatic carbocycles. The summed E-state index contributed by atoms with van der Waals surface area (Å²) in [6.45, 7) is 1.45. The first-order valence-electron chi connectivity index (χ1n) is 8.20. The number of nitrogens with zero attached hydrogens (tertiary/aromatic N) is 1. The summed E-state index contributed by atoms with van der Waals surface area (Å²) in [6, 6.07) is 11.7. The maximum atomic E-state index is 12.7. The quantitative estimate of drug-likeness (QED) is 0.841. The van der Waals surface area contributed by atoms with Gasteiger partial charge in [0, 0.05) is 23.2 Å². The summed E-state index contributed by atoms with van der Waals surface area (Å²) in [5, 5.41) is 3.49. The van der Waals surface area contributed by atoms with Crippen molar-refractivity contribution >= 4 is 29.1 Å². The molecule has 2 aromatic carbocycles. The molecular weight excluding hydrogens is 356 g/mol. The number of carbonyl (C=O) groups is 2. The molecule has 0 saturated carbocycles. The Hall–Kier alpha value is -2.73. The van der Waals surface area contributed by atoms with Crippen molar-refractivity contribution in [2.45, 2.75) is 25.1 Å². The molecule has 2 heterocycles. The molecule has 26 heavy (non-hydrogen) atoms. The lowest BCUT2D eigenvalue weighted by Gasteiger charge is -2.52. The fourth-order valence-corrected chi connectivity index (χ4v) is 3.72. The molecule has 134 valence electrons. The van der Waals surface area contributed by atoms with E-state index in [0.29, 0.717) is 16.5 Å². The van der Waals surface area contributed by atoms with Gasteiger partial charge >= 0.3 is 0 Å². The Balaban J connectivity index is 1.74. The van der Waals surface area contributed by atoms with Crippen LogP contribution in [0.25, 0.3) is 0 Å². The van der Waals surface area contributed by atoms with Crippen molar-refractivity contribution in [1.29, 1.82) is 0 Å². The van der Waals surface area contributed by atoms with E-state index in [0.717, 1.165) is 11.3 Å². The molecule has 0 unspecified atom stereocenters. The third kappa shape index (κ3) is 2.57. The van der Waals surface area contributed by atoms with Crippen LogP contribution in [0, 0.1) is 0 Å². The van der Waals surface area contributed by atoms with Gasteiger partial charge in [-0.25, -0.2) is 0 Å². The standard InChI is InChI=1S/C19H17ClN2O4/c1-10(23)21-16-14-9-11(20)3-8-15(14)26-18-17(16)22(19(18)24)12-4-6-13(25-2)7-5-12/h3-9,16-18H,1-2H3,(H,21,23)/t16-,17+,18-/m1/s1. The predicted octanol–water partition coefficient (Wildman–Crippen LogP) is 2.70. The van der Waals surface area contributed by atoms with Crippen LogP contribution in [0.1, 0.15) is 18.5 Å².